The highest BCUT2D eigenvalue weighted by molar-refractivity contribution is 5.76. The number of rotatable bonds is 60. The van der Waals surface area contributed by atoms with Crippen molar-refractivity contribution in [3.63, 3.8) is 0 Å². The van der Waals surface area contributed by atoms with Crippen molar-refractivity contribution in [1.82, 2.24) is 5.32 Å². The molecule has 0 radical (unpaired) electrons. The molecule has 17 unspecified atom stereocenters. The highest BCUT2D eigenvalue weighted by Crippen LogP contribution is 2.33. The van der Waals surface area contributed by atoms with Crippen molar-refractivity contribution in [2.75, 3.05) is 26.4 Å². The van der Waals surface area contributed by atoms with E-state index in [0.29, 0.717) is 12.8 Å². The maximum Gasteiger partial charge on any atom is 0.220 e. The van der Waals surface area contributed by atoms with Gasteiger partial charge in [-0.15, -0.1) is 0 Å². The first-order valence-corrected chi connectivity index (χ1v) is 39.3. The molecule has 3 saturated heterocycles. The molecule has 3 aliphatic heterocycles. The third kappa shape index (κ3) is 41.6. The summed E-state index contributed by atoms with van der Waals surface area (Å²) < 4.78 is 34.3. The van der Waals surface area contributed by atoms with Gasteiger partial charge in [0, 0.05) is 6.42 Å². The molecule has 3 fully saturated rings. The van der Waals surface area contributed by atoms with E-state index in [-0.39, 0.29) is 18.9 Å². The predicted molar refractivity (Wildman–Crippen MR) is 401 cm³/mol. The standard InChI is InChI=1S/C82H139NO18/c1-3-5-7-9-11-13-15-17-19-20-21-22-23-24-25-26-27-28-29-30-31-32-33-34-35-36-37-38-39-40-41-42-43-44-46-48-50-52-54-56-58-60-70(88)83-65(66(87)59-57-55-53-51-49-47-45-18-16-14-12-10-8-6-4-2)64-96-80-76(94)73(91)78(68(62-85)98-80)101-82-77(95)74(92)79(69(63-86)99-82)100-81-75(93)72(90)71(89)67(61-84)97-81/h5,7,11,13,16-19,21-22,24-25,27-28,30-31,49,51,57,59,65-69,71-82,84-87,89-95H,3-4,6,8-10,12,14-15,20,23,26,29,32-48,50,52-56,58,60-64H2,1-2H3,(H,83,88)/b7-5-,13-11-,18-16+,19-17-,22-21-,25-24-,28-27-,31-30-,51-49+,59-57+. The van der Waals surface area contributed by atoms with Crippen LogP contribution in [0.15, 0.2) is 122 Å². The summed E-state index contributed by atoms with van der Waals surface area (Å²) in [7, 11) is 0. The molecule has 0 aromatic heterocycles. The van der Waals surface area contributed by atoms with Gasteiger partial charge in [0.15, 0.2) is 18.9 Å². The van der Waals surface area contributed by atoms with Gasteiger partial charge in [-0.3, -0.25) is 4.79 Å². The Morgan fingerprint density at radius 2 is 0.693 bits per heavy atom. The van der Waals surface area contributed by atoms with Gasteiger partial charge in [0.2, 0.25) is 5.91 Å². The van der Waals surface area contributed by atoms with Crippen LogP contribution < -0.4 is 5.32 Å². The molecule has 0 aromatic rings. The Bertz CT molecular complexity index is 2300. The molecule has 3 heterocycles. The number of amides is 1. The molecule has 101 heavy (non-hydrogen) atoms. The van der Waals surface area contributed by atoms with Gasteiger partial charge in [-0.1, -0.05) is 270 Å². The van der Waals surface area contributed by atoms with E-state index < -0.39 is 124 Å². The second kappa shape index (κ2) is 61.4. The topological polar surface area (TPSA) is 307 Å². The van der Waals surface area contributed by atoms with Crippen LogP contribution in [-0.4, -0.2) is 193 Å². The zero-order chi connectivity index (χ0) is 73.2. The van der Waals surface area contributed by atoms with Gasteiger partial charge in [-0.25, -0.2) is 0 Å². The molecular formula is C82H139NO18. The normalized spacial score (nSPS) is 27.0. The van der Waals surface area contributed by atoms with Crippen molar-refractivity contribution in [3.8, 4) is 0 Å². The Balaban J connectivity index is 1.30. The third-order valence-electron chi connectivity index (χ3n) is 18.7. The average molecular weight is 1430 g/mol. The number of hydrogen-bond donors (Lipinski definition) is 12. The Hall–Kier alpha value is -3.81. The molecule has 12 N–H and O–H groups in total. The molecule has 0 bridgehead atoms. The Morgan fingerprint density at radius 1 is 0.366 bits per heavy atom. The Morgan fingerprint density at radius 3 is 1.11 bits per heavy atom. The number of nitrogens with one attached hydrogen (secondary N) is 1. The summed E-state index contributed by atoms with van der Waals surface area (Å²) in [6.45, 7) is 1.57. The van der Waals surface area contributed by atoms with Crippen LogP contribution in [0, 0.1) is 0 Å². The lowest BCUT2D eigenvalue weighted by Gasteiger charge is -2.48. The second-order valence-electron chi connectivity index (χ2n) is 27.4. The van der Waals surface area contributed by atoms with Gasteiger partial charge in [0.1, 0.15) is 73.2 Å². The van der Waals surface area contributed by atoms with E-state index in [9.17, 15) is 61.0 Å². The van der Waals surface area contributed by atoms with E-state index in [1.54, 1.807) is 6.08 Å². The predicted octanol–water partition coefficient (Wildman–Crippen LogP) is 12.7. The van der Waals surface area contributed by atoms with Crippen molar-refractivity contribution < 1.29 is 89.4 Å². The first-order valence-electron chi connectivity index (χ1n) is 39.3. The molecule has 1 amide bonds. The van der Waals surface area contributed by atoms with Crippen molar-refractivity contribution in [2.24, 2.45) is 0 Å². The van der Waals surface area contributed by atoms with Gasteiger partial charge >= 0.3 is 0 Å². The number of aliphatic hydroxyl groups is 11. The lowest BCUT2D eigenvalue weighted by molar-refractivity contribution is -0.379. The molecular weight excluding hydrogens is 1290 g/mol. The van der Waals surface area contributed by atoms with Crippen molar-refractivity contribution in [2.45, 2.75) is 362 Å². The van der Waals surface area contributed by atoms with Gasteiger partial charge in [-0.05, 0) is 103 Å². The maximum absolute atomic E-state index is 13.4. The number of aliphatic hydroxyl groups excluding tert-OH is 11. The zero-order valence-corrected chi connectivity index (χ0v) is 61.8. The number of ether oxygens (including phenoxy) is 6. The molecule has 3 aliphatic rings. The molecule has 0 saturated carbocycles. The summed E-state index contributed by atoms with van der Waals surface area (Å²) in [6.07, 6.45) is 59.2. The molecule has 0 aliphatic carbocycles. The second-order valence-corrected chi connectivity index (χ2v) is 27.4. The van der Waals surface area contributed by atoms with E-state index in [4.69, 9.17) is 28.4 Å². The SMILES string of the molecule is CC/C=C\C/C=C\C/C=C\C/C=C\C/C=C\C/C=C\C/C=C\CCCCCCCCCCCCCCCCCCCCCC(=O)NC(COC1OC(CO)C(OC2OC(CO)C(OC3OC(CO)C(O)C(O)C3O)C(O)C2O)C(O)C1O)C(O)/C=C/CC/C=C/CC/C=C/CCCCCCC. The Labute approximate surface area is 608 Å². The number of hydrogen-bond acceptors (Lipinski definition) is 18. The highest BCUT2D eigenvalue weighted by Gasteiger charge is 2.53. The summed E-state index contributed by atoms with van der Waals surface area (Å²) in [5.41, 5.74) is 0. The van der Waals surface area contributed by atoms with Crippen LogP contribution in [0.1, 0.15) is 258 Å². The third-order valence-corrected chi connectivity index (χ3v) is 18.7. The van der Waals surface area contributed by atoms with E-state index in [1.165, 1.54) is 135 Å². The van der Waals surface area contributed by atoms with E-state index in [0.717, 1.165) is 89.9 Å². The molecule has 19 nitrogen and oxygen atoms in total. The van der Waals surface area contributed by atoms with Crippen molar-refractivity contribution in [1.29, 1.82) is 0 Å². The van der Waals surface area contributed by atoms with Crippen molar-refractivity contribution in [3.05, 3.63) is 122 Å². The summed E-state index contributed by atoms with van der Waals surface area (Å²) in [5.74, 6) is -0.291. The largest absolute Gasteiger partial charge is 0.394 e. The van der Waals surface area contributed by atoms with Gasteiger partial charge < -0.3 is 89.9 Å². The fraction of sp³-hybridized carbons (Fsp3) is 0.744. The first-order chi connectivity index (χ1) is 49.3. The molecule has 0 aromatic carbocycles. The van der Waals surface area contributed by atoms with Crippen LogP contribution in [0.4, 0.5) is 0 Å². The molecule has 3 rings (SSSR count). The van der Waals surface area contributed by atoms with Crippen LogP contribution in [0.25, 0.3) is 0 Å². The molecule has 19 heteroatoms. The van der Waals surface area contributed by atoms with E-state index in [1.807, 2.05) is 6.08 Å². The minimum Gasteiger partial charge on any atom is -0.394 e. The molecule has 17 atom stereocenters. The number of allylic oxidation sites excluding steroid dienone is 19. The fourth-order valence-electron chi connectivity index (χ4n) is 12.4. The smallest absolute Gasteiger partial charge is 0.220 e. The fourth-order valence-corrected chi connectivity index (χ4v) is 12.4. The van der Waals surface area contributed by atoms with Crippen LogP contribution >= 0.6 is 0 Å². The minimum absolute atomic E-state index is 0.228. The van der Waals surface area contributed by atoms with Gasteiger partial charge in [-0.2, -0.15) is 0 Å². The lowest BCUT2D eigenvalue weighted by Crippen LogP contribution is -2.66. The van der Waals surface area contributed by atoms with Crippen LogP contribution in [0.2, 0.25) is 0 Å². The summed E-state index contributed by atoms with van der Waals surface area (Å²) in [5, 5.41) is 121. The minimum atomic E-state index is -1.99. The monoisotopic (exact) mass is 1430 g/mol. The number of unbranched alkanes of at least 4 members (excludes halogenated alkanes) is 26. The zero-order valence-electron chi connectivity index (χ0n) is 61.8. The van der Waals surface area contributed by atoms with E-state index >= 15 is 0 Å². The number of carbonyl (C=O) groups is 1. The molecule has 0 spiro atoms. The van der Waals surface area contributed by atoms with Crippen LogP contribution in [-0.2, 0) is 33.2 Å². The van der Waals surface area contributed by atoms with Crippen LogP contribution in [0.3, 0.4) is 0 Å². The highest BCUT2D eigenvalue weighted by atomic mass is 16.8. The van der Waals surface area contributed by atoms with Crippen LogP contribution in [0.5, 0.6) is 0 Å². The summed E-state index contributed by atoms with van der Waals surface area (Å²) in [4.78, 5) is 13.4. The van der Waals surface area contributed by atoms with Gasteiger partial charge in [0.05, 0.1) is 38.6 Å². The number of carbonyl (C=O) groups excluding carboxylic acids is 1. The quantitative estimate of drug-likeness (QED) is 0.0199. The average Bonchev–Trinajstić information content (AvgIpc) is 0.782. The summed E-state index contributed by atoms with van der Waals surface area (Å²) in [6, 6.07) is -1.00. The Kier molecular flexibility index (Phi) is 55.5. The summed E-state index contributed by atoms with van der Waals surface area (Å²) >= 11 is 0. The first kappa shape index (κ1) is 91.4. The maximum atomic E-state index is 13.4. The lowest BCUT2D eigenvalue weighted by atomic mass is 9.96. The molecule has 580 valence electrons. The van der Waals surface area contributed by atoms with Gasteiger partial charge in [0.25, 0.3) is 0 Å². The van der Waals surface area contributed by atoms with Crippen molar-refractivity contribution >= 4 is 5.91 Å². The van der Waals surface area contributed by atoms with E-state index in [2.05, 4.69) is 129 Å².